The minimum atomic E-state index is -0.637. The maximum Gasteiger partial charge on any atom is 0.338 e. The van der Waals surface area contributed by atoms with Gasteiger partial charge in [-0.1, -0.05) is 52.6 Å². The number of nitriles is 1. The largest absolute Gasteiger partial charge is 0.454 e. The Balaban J connectivity index is 1.20. The lowest BCUT2D eigenvalue weighted by atomic mass is 9.74. The first-order valence-corrected chi connectivity index (χ1v) is 12.2. The van der Waals surface area contributed by atoms with E-state index in [9.17, 15) is 10.1 Å². The van der Waals surface area contributed by atoms with E-state index in [0.29, 0.717) is 53.1 Å². The van der Waals surface area contributed by atoms with E-state index < -0.39 is 11.4 Å². The molecule has 0 N–H and O–H groups in total. The highest BCUT2D eigenvalue weighted by atomic mass is 35.5. The zero-order valence-electron chi connectivity index (χ0n) is 19.5. The van der Waals surface area contributed by atoms with Gasteiger partial charge in [-0.05, 0) is 54.8 Å². The summed E-state index contributed by atoms with van der Waals surface area (Å²) in [6, 6.07) is 20.1. The molecule has 9 nitrogen and oxygen atoms in total. The Hall–Kier alpha value is -4.00. The molecule has 2 aromatic heterocycles. The van der Waals surface area contributed by atoms with Gasteiger partial charge in [0.2, 0.25) is 5.82 Å². The fraction of sp³-hybridized carbons (Fsp3) is 0.231. The van der Waals surface area contributed by atoms with Crippen LogP contribution in [0, 0.1) is 11.3 Å². The first-order valence-electron chi connectivity index (χ1n) is 11.5. The molecule has 3 heterocycles. The first-order chi connectivity index (χ1) is 18.0. The summed E-state index contributed by atoms with van der Waals surface area (Å²) in [5.74, 6) is 0.598. The minimum Gasteiger partial charge on any atom is -0.454 e. The summed E-state index contributed by atoms with van der Waals surface area (Å²) in [4.78, 5) is 18.4. The Labute approximate surface area is 222 Å². The Kier molecular flexibility index (Phi) is 7.04. The number of ether oxygens (including phenoxy) is 1. The lowest BCUT2D eigenvalue weighted by molar-refractivity contribution is 0.0459. The number of aromatic nitrogens is 4. The highest BCUT2D eigenvalue weighted by Gasteiger charge is 2.37. The average molecular weight is 535 g/mol. The van der Waals surface area contributed by atoms with E-state index >= 15 is 0 Å². The van der Waals surface area contributed by atoms with Crippen molar-refractivity contribution in [3.05, 3.63) is 87.7 Å². The Morgan fingerprint density at radius 2 is 1.84 bits per heavy atom. The van der Waals surface area contributed by atoms with Crippen molar-refractivity contribution in [3.63, 3.8) is 0 Å². The molecule has 1 aliphatic heterocycles. The van der Waals surface area contributed by atoms with Crippen LogP contribution in [-0.2, 0) is 16.8 Å². The third-order valence-electron chi connectivity index (χ3n) is 6.31. The van der Waals surface area contributed by atoms with Crippen molar-refractivity contribution in [2.45, 2.75) is 24.9 Å². The predicted octanol–water partition coefficient (Wildman–Crippen LogP) is 5.25. The molecule has 1 saturated heterocycles. The van der Waals surface area contributed by atoms with Crippen LogP contribution in [0.15, 0.2) is 65.2 Å². The molecule has 1 aliphatic rings. The lowest BCUT2D eigenvalue weighted by Crippen LogP contribution is -2.42. The van der Waals surface area contributed by atoms with Crippen LogP contribution in [0.3, 0.4) is 0 Å². The fourth-order valence-corrected chi connectivity index (χ4v) is 4.49. The Morgan fingerprint density at radius 1 is 1.05 bits per heavy atom. The molecule has 0 aliphatic carbocycles. The lowest BCUT2D eigenvalue weighted by Gasteiger charge is -2.38. The minimum absolute atomic E-state index is 0.129. The second-order valence-corrected chi connectivity index (χ2v) is 9.36. The molecule has 2 aromatic carbocycles. The monoisotopic (exact) mass is 534 g/mol. The van der Waals surface area contributed by atoms with Crippen LogP contribution in [0.2, 0.25) is 10.0 Å². The summed E-state index contributed by atoms with van der Waals surface area (Å²) in [6.45, 7) is 1.12. The van der Waals surface area contributed by atoms with Crippen molar-refractivity contribution in [1.29, 1.82) is 5.26 Å². The summed E-state index contributed by atoms with van der Waals surface area (Å²) in [7, 11) is 0. The number of carbonyl (C=O) groups excluding carboxylic acids is 1. The van der Waals surface area contributed by atoms with Crippen LogP contribution in [0.1, 0.15) is 34.6 Å². The van der Waals surface area contributed by atoms with Gasteiger partial charge in [-0.3, -0.25) is 0 Å². The first kappa shape index (κ1) is 24.7. The molecule has 0 amide bonds. The second kappa shape index (κ2) is 10.5. The van der Waals surface area contributed by atoms with Crippen molar-refractivity contribution < 1.29 is 14.1 Å². The van der Waals surface area contributed by atoms with Crippen LogP contribution >= 0.6 is 23.2 Å². The summed E-state index contributed by atoms with van der Waals surface area (Å²) in [6.07, 6.45) is 1.22. The summed E-state index contributed by atoms with van der Waals surface area (Å²) < 4.78 is 10.5. The third-order valence-corrected chi connectivity index (χ3v) is 7.05. The number of hydrogen-bond donors (Lipinski definition) is 0. The zero-order valence-corrected chi connectivity index (χ0v) is 21.0. The Morgan fingerprint density at radius 3 is 2.51 bits per heavy atom. The van der Waals surface area contributed by atoms with Crippen LogP contribution in [0.25, 0.3) is 11.6 Å². The van der Waals surface area contributed by atoms with Gasteiger partial charge in [-0.25, -0.2) is 4.79 Å². The number of anilines is 1. The predicted molar refractivity (Wildman–Crippen MR) is 136 cm³/mol. The SMILES string of the molecule is N#CC1(c2ccc(Cl)c(Cl)c2)CCN(c2ccc(-c3nc(COC(=O)c4ccccc4)no3)nn2)CC1. The van der Waals surface area contributed by atoms with E-state index in [1.165, 1.54) is 0 Å². The molecule has 0 atom stereocenters. The highest BCUT2D eigenvalue weighted by Crippen LogP contribution is 2.38. The van der Waals surface area contributed by atoms with Crippen LogP contribution in [0.5, 0.6) is 0 Å². The summed E-state index contributed by atoms with van der Waals surface area (Å²) in [5, 5.41) is 23.3. The molecule has 1 fully saturated rings. The van der Waals surface area contributed by atoms with Crippen LogP contribution < -0.4 is 4.90 Å². The van der Waals surface area contributed by atoms with E-state index in [-0.39, 0.29) is 18.3 Å². The molecular formula is C26H20Cl2N6O3. The number of carbonyl (C=O) groups is 1. The van der Waals surface area contributed by atoms with Gasteiger partial charge >= 0.3 is 5.97 Å². The number of piperidine rings is 1. The normalized spacial score (nSPS) is 14.7. The van der Waals surface area contributed by atoms with Gasteiger partial charge in [0.25, 0.3) is 5.89 Å². The van der Waals surface area contributed by atoms with E-state index in [1.54, 1.807) is 42.5 Å². The van der Waals surface area contributed by atoms with Gasteiger partial charge in [0.15, 0.2) is 18.1 Å². The maximum atomic E-state index is 12.1. The molecule has 37 heavy (non-hydrogen) atoms. The molecule has 0 saturated carbocycles. The van der Waals surface area contributed by atoms with E-state index in [1.807, 2.05) is 18.2 Å². The average Bonchev–Trinajstić information content (AvgIpc) is 3.43. The summed E-state index contributed by atoms with van der Waals surface area (Å²) >= 11 is 12.2. The number of benzene rings is 2. The number of hydrogen-bond acceptors (Lipinski definition) is 9. The molecular weight excluding hydrogens is 515 g/mol. The number of rotatable bonds is 6. The van der Waals surface area contributed by atoms with E-state index in [0.717, 1.165) is 5.56 Å². The van der Waals surface area contributed by atoms with Crippen molar-refractivity contribution in [3.8, 4) is 17.7 Å². The molecule has 186 valence electrons. The van der Waals surface area contributed by atoms with Gasteiger partial charge in [0.05, 0.1) is 27.1 Å². The standard InChI is InChI=1S/C26H20Cl2N6O3/c27-19-7-6-18(14-20(19)28)26(16-29)10-12-34(13-11-26)23-9-8-21(31-32-23)24-30-22(33-37-24)15-36-25(35)17-4-2-1-3-5-17/h1-9,14H,10-13,15H2. The number of nitrogens with zero attached hydrogens (tertiary/aromatic N) is 6. The van der Waals surface area contributed by atoms with Gasteiger partial charge < -0.3 is 14.2 Å². The van der Waals surface area contributed by atoms with Gasteiger partial charge in [-0.2, -0.15) is 10.2 Å². The molecule has 5 rings (SSSR count). The maximum absolute atomic E-state index is 12.1. The van der Waals surface area contributed by atoms with E-state index in [4.69, 9.17) is 32.5 Å². The van der Waals surface area contributed by atoms with Crippen molar-refractivity contribution in [2.24, 2.45) is 0 Å². The topological polar surface area (TPSA) is 118 Å². The molecule has 0 radical (unpaired) electrons. The fourth-order valence-electron chi connectivity index (χ4n) is 4.19. The molecule has 0 bridgehead atoms. The molecule has 0 unspecified atom stereocenters. The second-order valence-electron chi connectivity index (χ2n) is 8.54. The molecule has 11 heteroatoms. The van der Waals surface area contributed by atoms with Gasteiger partial charge in [0.1, 0.15) is 0 Å². The van der Waals surface area contributed by atoms with Crippen molar-refractivity contribution in [1.82, 2.24) is 20.3 Å². The molecule has 4 aromatic rings. The van der Waals surface area contributed by atoms with Gasteiger partial charge in [-0.15, -0.1) is 10.2 Å². The number of esters is 1. The smallest absolute Gasteiger partial charge is 0.338 e. The zero-order chi connectivity index (χ0) is 25.8. The van der Waals surface area contributed by atoms with Crippen molar-refractivity contribution >= 4 is 35.0 Å². The quantitative estimate of drug-likeness (QED) is 0.305. The van der Waals surface area contributed by atoms with Crippen LogP contribution in [-0.4, -0.2) is 39.4 Å². The van der Waals surface area contributed by atoms with Gasteiger partial charge in [0, 0.05) is 13.1 Å². The van der Waals surface area contributed by atoms with E-state index in [2.05, 4.69) is 31.3 Å². The third kappa shape index (κ3) is 5.26. The number of halogens is 2. The Bertz CT molecular complexity index is 1450. The summed E-state index contributed by atoms with van der Waals surface area (Å²) in [5.41, 5.74) is 1.07. The van der Waals surface area contributed by atoms with Crippen LogP contribution in [0.4, 0.5) is 5.82 Å². The molecule has 0 spiro atoms. The highest BCUT2D eigenvalue weighted by molar-refractivity contribution is 6.42. The van der Waals surface area contributed by atoms with Crippen molar-refractivity contribution in [2.75, 3.05) is 18.0 Å².